The summed E-state index contributed by atoms with van der Waals surface area (Å²) in [5.41, 5.74) is 6.96. The molecular formula is C10H17N3O2. The van der Waals surface area contributed by atoms with Gasteiger partial charge in [0.25, 0.3) is 0 Å². The van der Waals surface area contributed by atoms with Crippen molar-refractivity contribution in [1.29, 1.82) is 0 Å². The van der Waals surface area contributed by atoms with E-state index in [1.54, 1.807) is 6.92 Å². The van der Waals surface area contributed by atoms with Gasteiger partial charge in [-0.2, -0.15) is 5.10 Å². The smallest absolute Gasteiger partial charge is 0.361 e. The van der Waals surface area contributed by atoms with E-state index in [0.717, 1.165) is 5.69 Å². The molecule has 15 heavy (non-hydrogen) atoms. The summed E-state index contributed by atoms with van der Waals surface area (Å²) < 4.78 is 4.83. The standard InChI is InChI=1S/C10H17N3O2/c1-5-15-9(14)7-6(11)8(13-12-7)10(2,3)4/h5,11H2,1-4H3,(H,12,13). The van der Waals surface area contributed by atoms with E-state index in [9.17, 15) is 4.79 Å². The van der Waals surface area contributed by atoms with Gasteiger partial charge in [-0.05, 0) is 6.92 Å². The van der Waals surface area contributed by atoms with Gasteiger partial charge >= 0.3 is 5.97 Å². The predicted molar refractivity (Wildman–Crippen MR) is 57.7 cm³/mol. The molecule has 1 rings (SSSR count). The van der Waals surface area contributed by atoms with E-state index in [2.05, 4.69) is 10.2 Å². The molecule has 5 nitrogen and oxygen atoms in total. The first-order valence-corrected chi connectivity index (χ1v) is 4.89. The van der Waals surface area contributed by atoms with Gasteiger partial charge in [0.2, 0.25) is 0 Å². The average Bonchev–Trinajstić information content (AvgIpc) is 2.46. The molecule has 0 saturated carbocycles. The van der Waals surface area contributed by atoms with Gasteiger partial charge in [0.1, 0.15) is 0 Å². The highest BCUT2D eigenvalue weighted by atomic mass is 16.5. The van der Waals surface area contributed by atoms with Crippen molar-refractivity contribution in [2.75, 3.05) is 12.3 Å². The van der Waals surface area contributed by atoms with Crippen LogP contribution in [-0.4, -0.2) is 22.8 Å². The van der Waals surface area contributed by atoms with Crippen LogP contribution in [0.1, 0.15) is 43.9 Å². The lowest BCUT2D eigenvalue weighted by atomic mass is 9.91. The molecule has 0 spiro atoms. The minimum Gasteiger partial charge on any atom is -0.461 e. The van der Waals surface area contributed by atoms with Crippen molar-refractivity contribution in [3.05, 3.63) is 11.4 Å². The van der Waals surface area contributed by atoms with E-state index in [0.29, 0.717) is 12.3 Å². The van der Waals surface area contributed by atoms with Crippen LogP contribution in [0.4, 0.5) is 5.69 Å². The Bertz CT molecular complexity index is 363. The summed E-state index contributed by atoms with van der Waals surface area (Å²) in [6, 6.07) is 0. The molecule has 1 aromatic heterocycles. The number of anilines is 1. The number of hydrogen-bond donors (Lipinski definition) is 2. The molecule has 0 aliphatic carbocycles. The van der Waals surface area contributed by atoms with E-state index in [4.69, 9.17) is 10.5 Å². The molecule has 1 heterocycles. The Hall–Kier alpha value is -1.52. The van der Waals surface area contributed by atoms with Gasteiger partial charge < -0.3 is 10.5 Å². The van der Waals surface area contributed by atoms with Gasteiger partial charge in [-0.1, -0.05) is 20.8 Å². The molecule has 0 aliphatic heterocycles. The molecule has 0 aromatic carbocycles. The van der Waals surface area contributed by atoms with Crippen LogP contribution in [0.15, 0.2) is 0 Å². The van der Waals surface area contributed by atoms with Crippen molar-refractivity contribution in [2.45, 2.75) is 33.1 Å². The first-order valence-electron chi connectivity index (χ1n) is 4.89. The fraction of sp³-hybridized carbons (Fsp3) is 0.600. The van der Waals surface area contributed by atoms with Gasteiger partial charge in [-0.15, -0.1) is 0 Å². The zero-order chi connectivity index (χ0) is 11.6. The first kappa shape index (κ1) is 11.6. The number of nitrogens with one attached hydrogen (secondary N) is 1. The van der Waals surface area contributed by atoms with Crippen LogP contribution in [0.25, 0.3) is 0 Å². The van der Waals surface area contributed by atoms with E-state index in [1.807, 2.05) is 20.8 Å². The fourth-order valence-corrected chi connectivity index (χ4v) is 1.28. The molecule has 0 radical (unpaired) electrons. The van der Waals surface area contributed by atoms with Gasteiger partial charge in [0.15, 0.2) is 5.69 Å². The van der Waals surface area contributed by atoms with Crippen LogP contribution in [-0.2, 0) is 10.2 Å². The Balaban J connectivity index is 3.04. The monoisotopic (exact) mass is 211 g/mol. The number of nitrogen functional groups attached to an aromatic ring is 1. The summed E-state index contributed by atoms with van der Waals surface area (Å²) in [5, 5.41) is 6.65. The second-order valence-electron chi connectivity index (χ2n) is 4.33. The number of aromatic nitrogens is 2. The highest BCUT2D eigenvalue weighted by Crippen LogP contribution is 2.27. The number of rotatable bonds is 2. The van der Waals surface area contributed by atoms with Crippen molar-refractivity contribution in [1.82, 2.24) is 10.2 Å². The Morgan fingerprint density at radius 3 is 2.53 bits per heavy atom. The quantitative estimate of drug-likeness (QED) is 0.726. The van der Waals surface area contributed by atoms with Crippen molar-refractivity contribution in [3.63, 3.8) is 0 Å². The second-order valence-corrected chi connectivity index (χ2v) is 4.33. The molecular weight excluding hydrogens is 194 g/mol. The highest BCUT2D eigenvalue weighted by molar-refractivity contribution is 5.93. The summed E-state index contributed by atoms with van der Waals surface area (Å²) in [5.74, 6) is -0.484. The van der Waals surface area contributed by atoms with Crippen molar-refractivity contribution in [2.24, 2.45) is 0 Å². The molecule has 0 aliphatic rings. The lowest BCUT2D eigenvalue weighted by molar-refractivity contribution is 0.0520. The van der Waals surface area contributed by atoms with Crippen LogP contribution < -0.4 is 5.73 Å². The number of hydrogen-bond acceptors (Lipinski definition) is 4. The third-order valence-electron chi connectivity index (χ3n) is 2.02. The van der Waals surface area contributed by atoms with E-state index < -0.39 is 5.97 Å². The molecule has 84 valence electrons. The third-order valence-corrected chi connectivity index (χ3v) is 2.02. The normalized spacial score (nSPS) is 11.5. The highest BCUT2D eigenvalue weighted by Gasteiger charge is 2.25. The third kappa shape index (κ3) is 2.29. The zero-order valence-corrected chi connectivity index (χ0v) is 9.55. The second kappa shape index (κ2) is 3.92. The molecule has 0 bridgehead atoms. The van der Waals surface area contributed by atoms with E-state index >= 15 is 0 Å². The average molecular weight is 211 g/mol. The molecule has 0 fully saturated rings. The Kier molecular flexibility index (Phi) is 3.02. The van der Waals surface area contributed by atoms with Crippen LogP contribution >= 0.6 is 0 Å². The van der Waals surface area contributed by atoms with Crippen LogP contribution in [0, 0.1) is 0 Å². The predicted octanol–water partition coefficient (Wildman–Crippen LogP) is 1.47. The van der Waals surface area contributed by atoms with Gasteiger partial charge in [-0.25, -0.2) is 4.79 Å². The molecule has 5 heteroatoms. The molecule has 0 atom stereocenters. The number of ether oxygens (including phenoxy) is 1. The van der Waals surface area contributed by atoms with E-state index in [1.165, 1.54) is 0 Å². The maximum atomic E-state index is 11.4. The largest absolute Gasteiger partial charge is 0.461 e. The SMILES string of the molecule is CCOC(=O)c1n[nH]c(C(C)(C)C)c1N. The molecule has 0 saturated heterocycles. The van der Waals surface area contributed by atoms with Gasteiger partial charge in [-0.3, -0.25) is 5.10 Å². The van der Waals surface area contributed by atoms with Crippen molar-refractivity contribution < 1.29 is 9.53 Å². The topological polar surface area (TPSA) is 81.0 Å². The molecule has 1 aromatic rings. The Labute approximate surface area is 89.0 Å². The number of nitrogens with two attached hydrogens (primary N) is 1. The number of aromatic amines is 1. The van der Waals surface area contributed by atoms with Gasteiger partial charge in [0, 0.05) is 5.41 Å². The maximum absolute atomic E-state index is 11.4. The zero-order valence-electron chi connectivity index (χ0n) is 9.55. The Morgan fingerprint density at radius 1 is 1.53 bits per heavy atom. The number of esters is 1. The lowest BCUT2D eigenvalue weighted by Crippen LogP contribution is -2.15. The van der Waals surface area contributed by atoms with Gasteiger partial charge in [0.05, 0.1) is 18.0 Å². The Morgan fingerprint density at radius 2 is 2.13 bits per heavy atom. The van der Waals surface area contributed by atoms with Crippen LogP contribution in [0.5, 0.6) is 0 Å². The van der Waals surface area contributed by atoms with Crippen LogP contribution in [0.3, 0.4) is 0 Å². The fourth-order valence-electron chi connectivity index (χ4n) is 1.28. The summed E-state index contributed by atoms with van der Waals surface area (Å²) in [6.45, 7) is 8.03. The van der Waals surface area contributed by atoms with E-state index in [-0.39, 0.29) is 11.1 Å². The summed E-state index contributed by atoms with van der Waals surface area (Å²) in [6.07, 6.45) is 0. The van der Waals surface area contributed by atoms with Crippen molar-refractivity contribution in [3.8, 4) is 0 Å². The summed E-state index contributed by atoms with van der Waals surface area (Å²) in [4.78, 5) is 11.4. The maximum Gasteiger partial charge on any atom is 0.361 e. The van der Waals surface area contributed by atoms with Crippen molar-refractivity contribution >= 4 is 11.7 Å². The number of carbonyl (C=O) groups is 1. The minimum absolute atomic E-state index is 0.165. The first-order chi connectivity index (χ1) is 6.88. The van der Waals surface area contributed by atoms with Crippen LogP contribution in [0.2, 0.25) is 0 Å². The molecule has 0 amide bonds. The summed E-state index contributed by atoms with van der Waals surface area (Å²) in [7, 11) is 0. The molecule has 0 unspecified atom stereocenters. The number of carbonyl (C=O) groups excluding carboxylic acids is 1. The number of H-pyrrole nitrogens is 1. The lowest BCUT2D eigenvalue weighted by Gasteiger charge is -2.16. The number of nitrogens with zero attached hydrogens (tertiary/aromatic N) is 1. The minimum atomic E-state index is -0.484. The molecule has 3 N–H and O–H groups in total. The summed E-state index contributed by atoms with van der Waals surface area (Å²) >= 11 is 0.